The molecule has 11 nitrogen and oxygen atoms in total. The van der Waals surface area contributed by atoms with Crippen molar-refractivity contribution in [2.45, 2.75) is 31.5 Å². The van der Waals surface area contributed by atoms with Crippen molar-refractivity contribution in [3.63, 3.8) is 0 Å². The maximum Gasteiger partial charge on any atom is 0.416 e. The van der Waals surface area contributed by atoms with Crippen molar-refractivity contribution in [3.8, 4) is 17.6 Å². The van der Waals surface area contributed by atoms with Crippen molar-refractivity contribution >= 4 is 24.1 Å². The van der Waals surface area contributed by atoms with Crippen LogP contribution in [0.4, 0.5) is 23.7 Å². The molecule has 57 heavy (non-hydrogen) atoms. The van der Waals surface area contributed by atoms with E-state index in [0.717, 1.165) is 60.6 Å². The van der Waals surface area contributed by atoms with Crippen LogP contribution in [-0.4, -0.2) is 80.8 Å². The van der Waals surface area contributed by atoms with E-state index in [-0.39, 0.29) is 18.1 Å². The molecule has 0 bridgehead atoms. The summed E-state index contributed by atoms with van der Waals surface area (Å²) < 4.78 is 53.8. The van der Waals surface area contributed by atoms with Crippen LogP contribution >= 0.6 is 0 Å². The number of nitriles is 1. The number of para-hydroxylation sites is 2. The van der Waals surface area contributed by atoms with Crippen molar-refractivity contribution in [1.82, 2.24) is 10.2 Å². The maximum absolute atomic E-state index is 14.1. The zero-order valence-electron chi connectivity index (χ0n) is 31.5. The molecule has 0 spiro atoms. The summed E-state index contributed by atoms with van der Waals surface area (Å²) in [6.07, 6.45) is -2.31. The molecule has 2 aliphatic rings. The molecule has 0 radical (unpaired) electrons. The van der Waals surface area contributed by atoms with Crippen molar-refractivity contribution in [2.75, 3.05) is 57.9 Å². The van der Waals surface area contributed by atoms with E-state index in [1.165, 1.54) is 17.0 Å². The summed E-state index contributed by atoms with van der Waals surface area (Å²) in [5.74, 6) is 1.35. The van der Waals surface area contributed by atoms with Gasteiger partial charge in [0.15, 0.2) is 0 Å². The first-order valence-electron chi connectivity index (χ1n) is 18.5. The highest BCUT2D eigenvalue weighted by atomic mass is 19.4. The van der Waals surface area contributed by atoms with E-state index in [1.54, 1.807) is 29.2 Å². The van der Waals surface area contributed by atoms with Crippen LogP contribution in [0.25, 0.3) is 0 Å². The highest BCUT2D eigenvalue weighted by Gasteiger charge is 2.45. The standard InChI is InChI=1S/C42H42F3N5O4.CH2O2/c1-50(25-27-54-36-16-6-3-7-17-36,24-11-26-53-35-14-4-2-5-15-35)23-9-8-22-48-30-37-38(40(48)51)39(32-20-18-31(29-46)19-21-32)47-41(52)49(37)34-13-10-12-33(28-34)42(43,44)45;2-1-3/h2-7,10,12-21,28,39H,8-9,11,22-27,30H2,1H3;1H,(H,2,3)/t39-,50?;/m1./s1. The van der Waals surface area contributed by atoms with Gasteiger partial charge in [0.1, 0.15) is 24.7 Å². The lowest BCUT2D eigenvalue weighted by Crippen LogP contribution is -2.48. The molecule has 1 N–H and O–H groups in total. The number of ether oxygens (including phenoxy) is 2. The zero-order valence-corrected chi connectivity index (χ0v) is 31.5. The summed E-state index contributed by atoms with van der Waals surface area (Å²) in [7, 11) is 2.20. The zero-order chi connectivity index (χ0) is 40.8. The molecule has 4 aromatic rings. The van der Waals surface area contributed by atoms with Gasteiger partial charge in [-0.1, -0.05) is 54.6 Å². The second kappa shape index (κ2) is 19.5. The number of halogens is 3. The number of carboxylic acid groups (broad SMARTS) is 1. The average Bonchev–Trinajstić information content (AvgIpc) is 3.53. The molecular weight excluding hydrogens is 739 g/mol. The number of hydrogen-bond donors (Lipinski definition) is 1. The van der Waals surface area contributed by atoms with Crippen molar-refractivity contribution in [3.05, 3.63) is 137 Å². The predicted octanol–water partition coefficient (Wildman–Crippen LogP) is 6.09. The molecule has 0 aliphatic carbocycles. The smallest absolute Gasteiger partial charge is 0.416 e. The van der Waals surface area contributed by atoms with E-state index in [0.29, 0.717) is 48.6 Å². The first-order valence-corrected chi connectivity index (χ1v) is 18.5. The fourth-order valence-electron chi connectivity index (χ4n) is 6.96. The lowest BCUT2D eigenvalue weighted by molar-refractivity contribution is -0.910. The van der Waals surface area contributed by atoms with Crippen LogP contribution in [0, 0.1) is 11.3 Å². The molecule has 0 saturated heterocycles. The van der Waals surface area contributed by atoms with Crippen LogP contribution < -0.4 is 24.8 Å². The number of anilines is 1. The van der Waals surface area contributed by atoms with Crippen molar-refractivity contribution in [1.29, 1.82) is 5.26 Å². The normalized spacial score (nSPS) is 16.1. The summed E-state index contributed by atoms with van der Waals surface area (Å²) >= 11 is 0. The van der Waals surface area contributed by atoms with E-state index >= 15 is 0 Å². The molecule has 1 unspecified atom stereocenters. The molecule has 0 fully saturated rings. The summed E-state index contributed by atoms with van der Waals surface area (Å²) in [4.78, 5) is 38.9. The molecule has 4 aromatic carbocycles. The predicted molar refractivity (Wildman–Crippen MR) is 205 cm³/mol. The Morgan fingerprint density at radius 3 is 2.09 bits per heavy atom. The highest BCUT2D eigenvalue weighted by molar-refractivity contribution is 6.07. The Kier molecular flexibility index (Phi) is 14.3. The van der Waals surface area contributed by atoms with Gasteiger partial charge >= 0.3 is 12.2 Å². The summed E-state index contributed by atoms with van der Waals surface area (Å²) in [5.41, 5.74) is 0.775. The van der Waals surface area contributed by atoms with E-state index in [9.17, 15) is 28.0 Å². The molecule has 2 atom stereocenters. The third-order valence-electron chi connectivity index (χ3n) is 9.88. The maximum atomic E-state index is 14.1. The Bertz CT molecular complexity index is 2040. The largest absolute Gasteiger partial charge is 0.554 e. The van der Waals surface area contributed by atoms with Crippen LogP contribution in [0.5, 0.6) is 11.5 Å². The number of alkyl halides is 3. The monoisotopic (exact) mass is 783 g/mol. The lowest BCUT2D eigenvalue weighted by atomic mass is 9.94. The number of benzene rings is 4. The molecule has 0 saturated carbocycles. The van der Waals surface area contributed by atoms with Gasteiger partial charge in [-0.25, -0.2) is 4.79 Å². The fourth-order valence-corrected chi connectivity index (χ4v) is 6.96. The summed E-state index contributed by atoms with van der Waals surface area (Å²) in [6, 6.07) is 31.1. The van der Waals surface area contributed by atoms with Crippen LogP contribution in [0.2, 0.25) is 0 Å². The molecule has 2 heterocycles. The topological polar surface area (TPSA) is 135 Å². The second-order valence-electron chi connectivity index (χ2n) is 13.9. The number of nitrogens with zero attached hydrogens (tertiary/aromatic N) is 4. The highest BCUT2D eigenvalue weighted by Crippen LogP contribution is 2.40. The van der Waals surface area contributed by atoms with Gasteiger partial charge in [0.05, 0.1) is 73.5 Å². The van der Waals surface area contributed by atoms with E-state index in [2.05, 4.69) is 18.4 Å². The number of carbonyl (C=O) groups is 3. The van der Waals surface area contributed by atoms with Crippen LogP contribution in [-0.2, 0) is 15.8 Å². The Morgan fingerprint density at radius 1 is 0.860 bits per heavy atom. The van der Waals surface area contributed by atoms with Gasteiger partial charge in [0.2, 0.25) is 0 Å². The van der Waals surface area contributed by atoms with E-state index < -0.39 is 30.3 Å². The third kappa shape index (κ3) is 11.1. The number of amides is 3. The first kappa shape index (κ1) is 41.8. The molecule has 298 valence electrons. The van der Waals surface area contributed by atoms with Crippen molar-refractivity contribution in [2.24, 2.45) is 0 Å². The third-order valence-corrected chi connectivity index (χ3v) is 9.88. The molecule has 0 aromatic heterocycles. The molecule has 3 amide bonds. The number of likely N-dealkylation sites (N-methyl/N-ethyl adjacent to an activating group) is 1. The van der Waals surface area contributed by atoms with Gasteiger partial charge in [-0.15, -0.1) is 0 Å². The van der Waals surface area contributed by atoms with Gasteiger partial charge in [-0.05, 0) is 73.0 Å². The van der Waals surface area contributed by atoms with Gasteiger partial charge in [0, 0.05) is 19.4 Å². The number of quaternary nitrogens is 1. The van der Waals surface area contributed by atoms with Gasteiger partial charge < -0.3 is 34.1 Å². The van der Waals surface area contributed by atoms with E-state index in [4.69, 9.17) is 19.4 Å². The van der Waals surface area contributed by atoms with Crippen molar-refractivity contribution < 1.29 is 46.6 Å². The number of rotatable bonds is 16. The molecule has 2 aliphatic heterocycles. The summed E-state index contributed by atoms with van der Waals surface area (Å²) in [6.45, 7) is 3.52. The number of unbranched alkanes of at least 4 members (excludes halogenated alkanes) is 1. The molecular formula is C43H44F3N5O6. The van der Waals surface area contributed by atoms with Gasteiger partial charge in [0.25, 0.3) is 5.91 Å². The molecule has 6 rings (SSSR count). The second-order valence-corrected chi connectivity index (χ2v) is 13.9. The van der Waals surface area contributed by atoms with Crippen LogP contribution in [0.3, 0.4) is 0 Å². The quantitative estimate of drug-likeness (QED) is 0.0827. The Hall–Kier alpha value is -6.33. The van der Waals surface area contributed by atoms with E-state index in [1.807, 2.05) is 60.7 Å². The van der Waals surface area contributed by atoms with Crippen LogP contribution in [0.15, 0.2) is 120 Å². The minimum absolute atomic E-state index is 0.0183. The van der Waals surface area contributed by atoms with Crippen LogP contribution in [0.1, 0.15) is 42.0 Å². The Morgan fingerprint density at radius 2 is 1.47 bits per heavy atom. The van der Waals surface area contributed by atoms with Gasteiger partial charge in [-0.3, -0.25) is 9.69 Å². The Labute approximate surface area is 329 Å². The average molecular weight is 784 g/mol. The number of hydrogen-bond acceptors (Lipinski definition) is 7. The number of carbonyl (C=O) groups excluding carboxylic acids is 3. The van der Waals surface area contributed by atoms with Gasteiger partial charge in [-0.2, -0.15) is 18.4 Å². The number of nitrogens with one attached hydrogen (secondary N) is 1. The Balaban J connectivity index is 0.00000200. The lowest BCUT2D eigenvalue weighted by Gasteiger charge is -2.35. The fraction of sp³-hybridized carbons (Fsp3) is 0.302. The number of urea groups is 1. The molecule has 14 heteroatoms. The minimum atomic E-state index is -4.61. The first-order chi connectivity index (χ1) is 27.5. The summed E-state index contributed by atoms with van der Waals surface area (Å²) in [5, 5.41) is 20.4. The minimum Gasteiger partial charge on any atom is -0.554 e. The SMILES string of the molecule is C[N+](CCCCN1CC2=C(C1=O)[C@@H](c1ccc(C#N)cc1)NC(=O)N2c1cccc(C(F)(F)F)c1)(CCCOc1ccccc1)CCOc1ccccc1.O=C[O-].